The molecule has 2 heterocycles. The van der Waals surface area contributed by atoms with Crippen molar-refractivity contribution in [3.05, 3.63) is 46.3 Å². The fourth-order valence-electron chi connectivity index (χ4n) is 2.65. The van der Waals surface area contributed by atoms with E-state index >= 15 is 0 Å². The standard InChI is InChI=1S/C20H28N4OS/c1-15(10-18-4-3-9-26-18)12-23-20(21-2)24-13-17-7-8-22-19(11-17)25-14-16-5-6-16/h3-4,7-9,11,15-16H,5-6,10,12-14H2,1-2H3,(H2,21,23,24). The summed E-state index contributed by atoms with van der Waals surface area (Å²) in [5.41, 5.74) is 1.14. The van der Waals surface area contributed by atoms with Gasteiger partial charge in [0.2, 0.25) is 5.88 Å². The number of thiophene rings is 1. The maximum absolute atomic E-state index is 5.75. The highest BCUT2D eigenvalue weighted by Crippen LogP contribution is 2.29. The van der Waals surface area contributed by atoms with Crippen molar-refractivity contribution in [3.8, 4) is 5.88 Å². The maximum atomic E-state index is 5.75. The quantitative estimate of drug-likeness (QED) is 0.523. The predicted molar refractivity (Wildman–Crippen MR) is 108 cm³/mol. The summed E-state index contributed by atoms with van der Waals surface area (Å²) in [5, 5.41) is 8.91. The molecule has 1 unspecified atom stereocenters. The minimum atomic E-state index is 0.551. The van der Waals surface area contributed by atoms with Gasteiger partial charge >= 0.3 is 0 Å². The molecule has 1 aliphatic rings. The Kier molecular flexibility index (Phi) is 6.89. The van der Waals surface area contributed by atoms with Gasteiger partial charge in [0.05, 0.1) is 6.61 Å². The number of rotatable bonds is 9. The summed E-state index contributed by atoms with van der Waals surface area (Å²) in [6.45, 7) is 4.63. The first-order valence-electron chi connectivity index (χ1n) is 9.27. The van der Waals surface area contributed by atoms with Crippen LogP contribution in [0.3, 0.4) is 0 Å². The van der Waals surface area contributed by atoms with Crippen LogP contribution in [0.5, 0.6) is 5.88 Å². The van der Waals surface area contributed by atoms with Gasteiger partial charge in [0.15, 0.2) is 5.96 Å². The zero-order valence-electron chi connectivity index (χ0n) is 15.6. The molecule has 26 heavy (non-hydrogen) atoms. The second-order valence-electron chi connectivity index (χ2n) is 6.95. The van der Waals surface area contributed by atoms with E-state index in [4.69, 9.17) is 4.74 Å². The molecule has 0 spiro atoms. The average molecular weight is 373 g/mol. The van der Waals surface area contributed by atoms with Crippen LogP contribution in [0.15, 0.2) is 40.8 Å². The van der Waals surface area contributed by atoms with Crippen molar-refractivity contribution in [3.63, 3.8) is 0 Å². The molecule has 2 N–H and O–H groups in total. The van der Waals surface area contributed by atoms with Gasteiger partial charge in [0.1, 0.15) is 0 Å². The third-order valence-electron chi connectivity index (χ3n) is 4.39. The molecule has 6 heteroatoms. The Hall–Kier alpha value is -2.08. The van der Waals surface area contributed by atoms with Crippen molar-refractivity contribution in [2.75, 3.05) is 20.2 Å². The fourth-order valence-corrected chi connectivity index (χ4v) is 3.52. The van der Waals surface area contributed by atoms with Gasteiger partial charge in [-0.25, -0.2) is 4.98 Å². The van der Waals surface area contributed by atoms with Crippen LogP contribution in [0.25, 0.3) is 0 Å². The molecule has 2 aromatic rings. The molecule has 0 aromatic carbocycles. The minimum absolute atomic E-state index is 0.551. The van der Waals surface area contributed by atoms with Gasteiger partial charge in [-0.3, -0.25) is 4.99 Å². The number of nitrogens with zero attached hydrogens (tertiary/aromatic N) is 2. The van der Waals surface area contributed by atoms with Crippen LogP contribution in [0.2, 0.25) is 0 Å². The Morgan fingerprint density at radius 2 is 2.27 bits per heavy atom. The van der Waals surface area contributed by atoms with Gasteiger partial charge in [0, 0.05) is 37.3 Å². The van der Waals surface area contributed by atoms with E-state index in [0.717, 1.165) is 37.0 Å². The van der Waals surface area contributed by atoms with E-state index in [-0.39, 0.29) is 0 Å². The normalized spacial score (nSPS) is 15.5. The van der Waals surface area contributed by atoms with Gasteiger partial charge in [-0.1, -0.05) is 13.0 Å². The van der Waals surface area contributed by atoms with Crippen LogP contribution in [-0.2, 0) is 13.0 Å². The molecule has 0 aliphatic heterocycles. The molecule has 140 valence electrons. The Morgan fingerprint density at radius 1 is 1.38 bits per heavy atom. The lowest BCUT2D eigenvalue weighted by Gasteiger charge is -2.16. The lowest BCUT2D eigenvalue weighted by atomic mass is 10.1. The topological polar surface area (TPSA) is 58.5 Å². The van der Waals surface area contributed by atoms with Crippen LogP contribution in [0, 0.1) is 11.8 Å². The number of pyridine rings is 1. The van der Waals surface area contributed by atoms with Crippen LogP contribution >= 0.6 is 11.3 Å². The molecule has 3 rings (SSSR count). The number of aromatic nitrogens is 1. The van der Waals surface area contributed by atoms with Crippen molar-refractivity contribution in [2.45, 2.75) is 32.7 Å². The Morgan fingerprint density at radius 3 is 3.00 bits per heavy atom. The third-order valence-corrected chi connectivity index (χ3v) is 5.29. The molecule has 5 nitrogen and oxygen atoms in total. The molecule has 1 aliphatic carbocycles. The third kappa shape index (κ3) is 6.33. The van der Waals surface area contributed by atoms with Gasteiger partial charge in [-0.15, -0.1) is 11.3 Å². The Bertz CT molecular complexity index is 698. The molecular weight excluding hydrogens is 344 g/mol. The monoisotopic (exact) mass is 372 g/mol. The zero-order chi connectivity index (χ0) is 18.2. The lowest BCUT2D eigenvalue weighted by Crippen LogP contribution is -2.39. The van der Waals surface area contributed by atoms with Crippen molar-refractivity contribution in [1.82, 2.24) is 15.6 Å². The lowest BCUT2D eigenvalue weighted by molar-refractivity contribution is 0.288. The fraction of sp³-hybridized carbons (Fsp3) is 0.500. The Labute approximate surface area is 159 Å². The molecular formula is C20H28N4OS. The van der Waals surface area contributed by atoms with Crippen LogP contribution in [-0.4, -0.2) is 31.1 Å². The van der Waals surface area contributed by atoms with Gasteiger partial charge < -0.3 is 15.4 Å². The highest BCUT2D eigenvalue weighted by Gasteiger charge is 2.22. The molecule has 0 saturated heterocycles. The summed E-state index contributed by atoms with van der Waals surface area (Å²) < 4.78 is 5.75. The van der Waals surface area contributed by atoms with Crippen LogP contribution < -0.4 is 15.4 Å². The second-order valence-corrected chi connectivity index (χ2v) is 7.98. The highest BCUT2D eigenvalue weighted by atomic mass is 32.1. The maximum Gasteiger partial charge on any atom is 0.213 e. The number of hydrogen-bond donors (Lipinski definition) is 2. The van der Waals surface area contributed by atoms with Crippen molar-refractivity contribution >= 4 is 17.3 Å². The van der Waals surface area contributed by atoms with E-state index in [1.54, 1.807) is 13.2 Å². The molecule has 0 radical (unpaired) electrons. The first-order valence-corrected chi connectivity index (χ1v) is 10.2. The van der Waals surface area contributed by atoms with Gasteiger partial charge in [-0.05, 0) is 54.2 Å². The van der Waals surface area contributed by atoms with E-state index in [2.05, 4.69) is 45.0 Å². The van der Waals surface area contributed by atoms with Gasteiger partial charge in [-0.2, -0.15) is 0 Å². The van der Waals surface area contributed by atoms with E-state index in [1.807, 2.05) is 23.5 Å². The van der Waals surface area contributed by atoms with Crippen LogP contribution in [0.1, 0.15) is 30.2 Å². The summed E-state index contributed by atoms with van der Waals surface area (Å²) in [7, 11) is 1.80. The molecule has 0 amide bonds. The number of hydrogen-bond acceptors (Lipinski definition) is 4. The average Bonchev–Trinajstić information content (AvgIpc) is 3.35. The van der Waals surface area contributed by atoms with Crippen molar-refractivity contribution in [1.29, 1.82) is 0 Å². The van der Waals surface area contributed by atoms with E-state index in [0.29, 0.717) is 18.3 Å². The van der Waals surface area contributed by atoms with E-state index in [9.17, 15) is 0 Å². The Balaban J connectivity index is 1.41. The summed E-state index contributed by atoms with van der Waals surface area (Å²) in [6, 6.07) is 8.31. The summed E-state index contributed by atoms with van der Waals surface area (Å²) in [4.78, 5) is 10.0. The second kappa shape index (κ2) is 9.57. The molecule has 2 aromatic heterocycles. The van der Waals surface area contributed by atoms with Crippen molar-refractivity contribution < 1.29 is 4.74 Å². The molecule has 1 fully saturated rings. The summed E-state index contributed by atoms with van der Waals surface area (Å²) in [6.07, 6.45) is 5.47. The number of aliphatic imine (C=N–C) groups is 1. The first kappa shape index (κ1) is 18.7. The molecule has 1 atom stereocenters. The largest absolute Gasteiger partial charge is 0.477 e. The highest BCUT2D eigenvalue weighted by molar-refractivity contribution is 7.09. The smallest absolute Gasteiger partial charge is 0.213 e. The van der Waals surface area contributed by atoms with Gasteiger partial charge in [0.25, 0.3) is 0 Å². The number of ether oxygens (including phenoxy) is 1. The van der Waals surface area contributed by atoms with E-state index < -0.39 is 0 Å². The van der Waals surface area contributed by atoms with E-state index in [1.165, 1.54) is 17.7 Å². The summed E-state index contributed by atoms with van der Waals surface area (Å²) >= 11 is 1.82. The molecule has 1 saturated carbocycles. The molecule has 0 bridgehead atoms. The SMILES string of the molecule is CN=C(NCc1ccnc(OCC2CC2)c1)NCC(C)Cc1cccs1. The minimum Gasteiger partial charge on any atom is -0.477 e. The zero-order valence-corrected chi connectivity index (χ0v) is 16.4. The predicted octanol–water partition coefficient (Wildman–Crippen LogP) is 3.48. The number of nitrogens with one attached hydrogen (secondary N) is 2. The first-order chi connectivity index (χ1) is 12.7. The van der Waals surface area contributed by atoms with Crippen molar-refractivity contribution in [2.24, 2.45) is 16.8 Å². The summed E-state index contributed by atoms with van der Waals surface area (Å²) in [5.74, 6) is 2.82. The number of guanidine groups is 1. The van der Waals surface area contributed by atoms with Crippen LogP contribution in [0.4, 0.5) is 0 Å².